The van der Waals surface area contributed by atoms with Crippen LogP contribution >= 0.6 is 0 Å². The molecule has 4 rings (SSSR count). The summed E-state index contributed by atoms with van der Waals surface area (Å²) in [6.07, 6.45) is -7.02. The van der Waals surface area contributed by atoms with Gasteiger partial charge in [0.05, 0.1) is 6.61 Å². The summed E-state index contributed by atoms with van der Waals surface area (Å²) in [5.74, 6) is -0.0281. The molecular formula is C22H21NO7. The molecule has 2 aromatic carbocycles. The summed E-state index contributed by atoms with van der Waals surface area (Å²) in [5.41, 5.74) is 1.09. The lowest BCUT2D eigenvalue weighted by Gasteiger charge is -2.39. The summed E-state index contributed by atoms with van der Waals surface area (Å²) >= 11 is 0. The number of carbonyl (C=O) groups excluding carboxylic acids is 1. The van der Waals surface area contributed by atoms with Gasteiger partial charge in [0.1, 0.15) is 41.4 Å². The molecule has 156 valence electrons. The Morgan fingerprint density at radius 1 is 0.933 bits per heavy atom. The molecule has 8 nitrogen and oxygen atoms in total. The fraction of sp³-hybridized carbons (Fsp3) is 0.273. The Hall–Kier alpha value is -2.88. The van der Waals surface area contributed by atoms with Crippen molar-refractivity contribution in [2.24, 2.45) is 0 Å². The standard InChI is InChI=1S/C22H21NO7/c24-11-16-19(26)20(27)21(28)22(30-16)29-15-8-4-7-12-9-10-14(23-17(12)15)18(25)13-5-2-1-3-6-13/h1-10,16,19-22,24,26-28H,11H2/t16-,19+,20+,21-,22-/m0/s1. The molecule has 2 heterocycles. The Balaban J connectivity index is 1.67. The van der Waals surface area contributed by atoms with Gasteiger partial charge in [-0.2, -0.15) is 0 Å². The molecule has 1 aliphatic rings. The van der Waals surface area contributed by atoms with Crippen molar-refractivity contribution in [2.45, 2.75) is 30.7 Å². The lowest BCUT2D eigenvalue weighted by molar-refractivity contribution is -0.277. The Bertz CT molecular complexity index is 1040. The van der Waals surface area contributed by atoms with Crippen molar-refractivity contribution in [1.82, 2.24) is 4.98 Å². The second-order valence-electron chi connectivity index (χ2n) is 7.03. The lowest BCUT2D eigenvalue weighted by atomic mass is 9.99. The number of aliphatic hydroxyl groups is 4. The largest absolute Gasteiger partial charge is 0.460 e. The lowest BCUT2D eigenvalue weighted by Crippen LogP contribution is -2.60. The first-order valence-corrected chi connectivity index (χ1v) is 9.46. The quantitative estimate of drug-likeness (QED) is 0.450. The van der Waals surface area contributed by atoms with Gasteiger partial charge in [-0.15, -0.1) is 0 Å². The second-order valence-corrected chi connectivity index (χ2v) is 7.03. The van der Waals surface area contributed by atoms with Crippen LogP contribution in [0, 0.1) is 0 Å². The number of hydrogen-bond donors (Lipinski definition) is 4. The van der Waals surface area contributed by atoms with Gasteiger partial charge in [-0.1, -0.05) is 48.5 Å². The smallest absolute Gasteiger partial charge is 0.229 e. The van der Waals surface area contributed by atoms with Gasteiger partial charge < -0.3 is 29.9 Å². The molecule has 1 fully saturated rings. The summed E-state index contributed by atoms with van der Waals surface area (Å²) < 4.78 is 11.1. The van der Waals surface area contributed by atoms with E-state index >= 15 is 0 Å². The maximum absolute atomic E-state index is 12.7. The highest BCUT2D eigenvalue weighted by atomic mass is 16.7. The van der Waals surface area contributed by atoms with Gasteiger partial charge in [-0.05, 0) is 12.1 Å². The number of fused-ring (bicyclic) bond motifs is 1. The minimum absolute atomic E-state index is 0.221. The van der Waals surface area contributed by atoms with E-state index in [0.29, 0.717) is 16.5 Å². The number of carbonyl (C=O) groups is 1. The highest BCUT2D eigenvalue weighted by Crippen LogP contribution is 2.29. The third kappa shape index (κ3) is 3.79. The second kappa shape index (κ2) is 8.47. The zero-order valence-corrected chi connectivity index (χ0v) is 15.8. The summed E-state index contributed by atoms with van der Waals surface area (Å²) in [6.45, 7) is -0.561. The SMILES string of the molecule is O=C(c1ccccc1)c1ccc2cccc(O[C@H]3O[C@@H](CO)[C@@H](O)[C@@H](O)[C@@H]3O)c2n1. The third-order valence-corrected chi connectivity index (χ3v) is 5.04. The normalized spacial score (nSPS) is 26.5. The van der Waals surface area contributed by atoms with E-state index in [9.17, 15) is 25.2 Å². The van der Waals surface area contributed by atoms with Gasteiger partial charge in [0.25, 0.3) is 0 Å². The van der Waals surface area contributed by atoms with Crippen molar-refractivity contribution in [3.8, 4) is 5.75 Å². The first kappa shape index (κ1) is 20.4. The highest BCUT2D eigenvalue weighted by Gasteiger charge is 2.44. The van der Waals surface area contributed by atoms with E-state index in [1.807, 2.05) is 6.07 Å². The third-order valence-electron chi connectivity index (χ3n) is 5.04. The molecular weight excluding hydrogens is 390 g/mol. The monoisotopic (exact) mass is 411 g/mol. The number of aliphatic hydroxyl groups excluding tert-OH is 4. The van der Waals surface area contributed by atoms with Crippen LogP contribution in [0.4, 0.5) is 0 Å². The molecule has 4 N–H and O–H groups in total. The average molecular weight is 411 g/mol. The van der Waals surface area contributed by atoms with Crippen LogP contribution in [0.25, 0.3) is 10.9 Å². The molecule has 0 saturated carbocycles. The predicted molar refractivity (Wildman–Crippen MR) is 106 cm³/mol. The highest BCUT2D eigenvalue weighted by molar-refractivity contribution is 6.08. The maximum Gasteiger partial charge on any atom is 0.229 e. The zero-order valence-electron chi connectivity index (χ0n) is 15.8. The van der Waals surface area contributed by atoms with Gasteiger partial charge in [0, 0.05) is 10.9 Å². The molecule has 1 saturated heterocycles. The fourth-order valence-corrected chi connectivity index (χ4v) is 3.37. The van der Waals surface area contributed by atoms with E-state index < -0.39 is 37.3 Å². The Morgan fingerprint density at radius 3 is 2.43 bits per heavy atom. The Labute approximate surface area is 172 Å². The number of ether oxygens (including phenoxy) is 2. The van der Waals surface area contributed by atoms with Gasteiger partial charge in [0.15, 0.2) is 0 Å². The molecule has 0 amide bonds. The minimum atomic E-state index is -1.56. The van der Waals surface area contributed by atoms with Crippen molar-refractivity contribution in [3.63, 3.8) is 0 Å². The molecule has 0 unspecified atom stereocenters. The first-order chi connectivity index (χ1) is 14.5. The van der Waals surface area contributed by atoms with Crippen molar-refractivity contribution >= 4 is 16.7 Å². The summed E-state index contributed by atoms with van der Waals surface area (Å²) in [4.78, 5) is 17.2. The maximum atomic E-state index is 12.7. The van der Waals surface area contributed by atoms with Crippen molar-refractivity contribution in [1.29, 1.82) is 0 Å². The number of rotatable bonds is 5. The number of ketones is 1. The van der Waals surface area contributed by atoms with Crippen molar-refractivity contribution in [2.75, 3.05) is 6.61 Å². The molecule has 1 aliphatic heterocycles. The number of para-hydroxylation sites is 1. The van der Waals surface area contributed by atoms with Gasteiger partial charge >= 0.3 is 0 Å². The predicted octanol–water partition coefficient (Wildman–Crippen LogP) is 0.644. The van der Waals surface area contributed by atoms with Crippen LogP contribution < -0.4 is 4.74 Å². The number of nitrogens with zero attached hydrogens (tertiary/aromatic N) is 1. The topological polar surface area (TPSA) is 129 Å². The zero-order chi connectivity index (χ0) is 21.3. The molecule has 0 bridgehead atoms. The van der Waals surface area contributed by atoms with E-state index in [-0.39, 0.29) is 17.2 Å². The Morgan fingerprint density at radius 2 is 1.70 bits per heavy atom. The minimum Gasteiger partial charge on any atom is -0.460 e. The van der Waals surface area contributed by atoms with Gasteiger partial charge in [-0.3, -0.25) is 4.79 Å². The molecule has 0 aliphatic carbocycles. The summed E-state index contributed by atoms with van der Waals surface area (Å²) in [6, 6.07) is 17.2. The van der Waals surface area contributed by atoms with Crippen LogP contribution in [0.15, 0.2) is 60.7 Å². The summed E-state index contributed by atoms with van der Waals surface area (Å²) in [5, 5.41) is 40.2. The van der Waals surface area contributed by atoms with Gasteiger partial charge in [0.2, 0.25) is 12.1 Å². The molecule has 3 aromatic rings. The van der Waals surface area contributed by atoms with Crippen molar-refractivity contribution < 1.29 is 34.7 Å². The summed E-state index contributed by atoms with van der Waals surface area (Å²) in [7, 11) is 0. The molecule has 30 heavy (non-hydrogen) atoms. The number of hydrogen-bond acceptors (Lipinski definition) is 8. The molecule has 5 atom stereocenters. The Kier molecular flexibility index (Phi) is 5.76. The van der Waals surface area contributed by atoms with Gasteiger partial charge in [-0.25, -0.2) is 4.98 Å². The van der Waals surface area contributed by atoms with Crippen LogP contribution in [-0.4, -0.2) is 68.5 Å². The molecule has 8 heteroatoms. The molecule has 1 aromatic heterocycles. The number of benzene rings is 2. The number of aromatic nitrogens is 1. The number of pyridine rings is 1. The van der Waals surface area contributed by atoms with Crippen molar-refractivity contribution in [3.05, 3.63) is 71.9 Å². The fourth-order valence-electron chi connectivity index (χ4n) is 3.37. The average Bonchev–Trinajstić information content (AvgIpc) is 2.79. The first-order valence-electron chi connectivity index (χ1n) is 9.46. The van der Waals surface area contributed by atoms with Crippen LogP contribution in [0.5, 0.6) is 5.75 Å². The van der Waals surface area contributed by atoms with E-state index in [2.05, 4.69) is 4.98 Å². The van der Waals surface area contributed by atoms with E-state index in [1.54, 1.807) is 54.6 Å². The van der Waals surface area contributed by atoms with Crippen LogP contribution in [0.3, 0.4) is 0 Å². The van der Waals surface area contributed by atoms with Crippen LogP contribution in [0.1, 0.15) is 16.1 Å². The van der Waals surface area contributed by atoms with E-state index in [1.165, 1.54) is 0 Å². The van der Waals surface area contributed by atoms with Crippen LogP contribution in [0.2, 0.25) is 0 Å². The molecule has 0 spiro atoms. The van der Waals surface area contributed by atoms with Crippen LogP contribution in [-0.2, 0) is 4.74 Å². The van der Waals surface area contributed by atoms with E-state index in [0.717, 1.165) is 0 Å². The van der Waals surface area contributed by atoms with E-state index in [4.69, 9.17) is 9.47 Å². The molecule has 0 radical (unpaired) electrons.